The van der Waals surface area contributed by atoms with E-state index in [1.807, 2.05) is 30.3 Å². The second kappa shape index (κ2) is 4.38. The number of Topliss-reactive ketones (excluding diaryl/α,β-unsaturated/α-hetero) is 2. The first-order valence-electron chi connectivity index (χ1n) is 6.31. The Hall–Kier alpha value is -1.75. The first-order chi connectivity index (χ1) is 9.44. The number of carbonyl (C=O) groups is 2. The number of ketones is 2. The first-order valence-corrected chi connectivity index (χ1v) is 7.22. The van der Waals surface area contributed by atoms with E-state index in [2.05, 4.69) is 21.0 Å². The van der Waals surface area contributed by atoms with Gasteiger partial charge in [-0.3, -0.25) is 9.59 Å². The molecule has 20 heavy (non-hydrogen) atoms. The van der Waals surface area contributed by atoms with Crippen molar-refractivity contribution in [2.75, 3.05) is 0 Å². The van der Waals surface area contributed by atoms with Gasteiger partial charge in [-0.2, -0.15) is 5.10 Å². The van der Waals surface area contributed by atoms with Crippen LogP contribution in [0.5, 0.6) is 0 Å². The first kappa shape index (κ1) is 13.2. The number of rotatable bonds is 1. The van der Waals surface area contributed by atoms with E-state index in [0.717, 1.165) is 11.4 Å². The number of halogens is 1. The number of fused-ring (bicyclic) bond motifs is 1. The summed E-state index contributed by atoms with van der Waals surface area (Å²) in [6.07, 6.45) is 1.48. The van der Waals surface area contributed by atoms with Crippen LogP contribution >= 0.6 is 15.9 Å². The van der Waals surface area contributed by atoms with Crippen molar-refractivity contribution in [1.29, 1.82) is 0 Å². The van der Waals surface area contributed by atoms with Crippen LogP contribution in [0.2, 0.25) is 0 Å². The highest BCUT2D eigenvalue weighted by Gasteiger charge is 2.48. The molecule has 0 bridgehead atoms. The number of benzene rings is 1. The largest absolute Gasteiger partial charge is 0.290 e. The van der Waals surface area contributed by atoms with Gasteiger partial charge in [-0.25, -0.2) is 4.68 Å². The summed E-state index contributed by atoms with van der Waals surface area (Å²) in [5.41, 5.74) is 1.22. The van der Waals surface area contributed by atoms with Crippen molar-refractivity contribution < 1.29 is 9.59 Å². The molecule has 0 saturated carbocycles. The summed E-state index contributed by atoms with van der Waals surface area (Å²) < 4.78 is 1.72. The molecule has 1 aliphatic carbocycles. The summed E-state index contributed by atoms with van der Waals surface area (Å²) in [5, 5.41) is 4.28. The summed E-state index contributed by atoms with van der Waals surface area (Å²) in [4.78, 5) is 24.1. The molecule has 3 rings (SSSR count). The van der Waals surface area contributed by atoms with Crippen LogP contribution in [-0.4, -0.2) is 21.3 Å². The molecule has 1 aliphatic rings. The van der Waals surface area contributed by atoms with Gasteiger partial charge in [0.05, 0.1) is 28.0 Å². The molecule has 1 aromatic heterocycles. The molecule has 0 spiro atoms. The van der Waals surface area contributed by atoms with E-state index in [9.17, 15) is 9.59 Å². The van der Waals surface area contributed by atoms with Gasteiger partial charge in [0.15, 0.2) is 0 Å². The maximum absolute atomic E-state index is 12.2. The highest BCUT2D eigenvalue weighted by Crippen LogP contribution is 2.47. The zero-order chi connectivity index (χ0) is 14.5. The fourth-order valence-corrected chi connectivity index (χ4v) is 3.07. The third-order valence-corrected chi connectivity index (χ3v) is 5.30. The Morgan fingerprint density at radius 2 is 1.85 bits per heavy atom. The fourth-order valence-electron chi connectivity index (χ4n) is 2.42. The zero-order valence-electron chi connectivity index (χ0n) is 11.1. The molecular formula is C15H13BrN2O2. The number of hydrogen-bond acceptors (Lipinski definition) is 3. The minimum absolute atomic E-state index is 0.252. The normalized spacial score (nSPS) is 20.9. The van der Waals surface area contributed by atoms with Gasteiger partial charge < -0.3 is 0 Å². The lowest BCUT2D eigenvalue weighted by molar-refractivity contribution is -0.123. The van der Waals surface area contributed by atoms with E-state index in [0.29, 0.717) is 5.56 Å². The fraction of sp³-hybridized carbons (Fsp3) is 0.267. The Kier molecular flexibility index (Phi) is 2.90. The summed E-state index contributed by atoms with van der Waals surface area (Å²) in [6, 6.07) is 9.58. The number of para-hydroxylation sites is 1. The van der Waals surface area contributed by atoms with Crippen molar-refractivity contribution in [2.45, 2.75) is 18.7 Å². The summed E-state index contributed by atoms with van der Waals surface area (Å²) in [5.74, 6) is -0.831. The van der Waals surface area contributed by atoms with Crippen LogP contribution in [0.15, 0.2) is 36.5 Å². The molecule has 5 heteroatoms. The van der Waals surface area contributed by atoms with E-state index in [-0.39, 0.29) is 10.6 Å². The van der Waals surface area contributed by atoms with Crippen LogP contribution in [0.25, 0.3) is 5.69 Å². The molecular weight excluding hydrogens is 320 g/mol. The van der Waals surface area contributed by atoms with Crippen LogP contribution in [0.4, 0.5) is 0 Å². The van der Waals surface area contributed by atoms with Gasteiger partial charge in [0.1, 0.15) is 0 Å². The molecule has 0 radical (unpaired) electrons. The van der Waals surface area contributed by atoms with Crippen molar-refractivity contribution in [3.05, 3.63) is 47.8 Å². The van der Waals surface area contributed by atoms with Crippen molar-refractivity contribution in [1.82, 2.24) is 9.78 Å². The quantitative estimate of drug-likeness (QED) is 0.595. The average Bonchev–Trinajstić information content (AvgIpc) is 2.89. The molecule has 0 aliphatic heterocycles. The Balaban J connectivity index is 2.24. The van der Waals surface area contributed by atoms with Crippen molar-refractivity contribution in [3.63, 3.8) is 0 Å². The van der Waals surface area contributed by atoms with Crippen LogP contribution in [0, 0.1) is 5.41 Å². The smallest absolute Gasteiger partial charge is 0.232 e. The monoisotopic (exact) mass is 332 g/mol. The number of carbonyl (C=O) groups excluding carboxylic acids is 2. The molecule has 1 heterocycles. The highest BCUT2D eigenvalue weighted by molar-refractivity contribution is 9.09. The highest BCUT2D eigenvalue weighted by atomic mass is 79.9. The van der Waals surface area contributed by atoms with Gasteiger partial charge in [-0.1, -0.05) is 48.0 Å². The molecule has 0 fully saturated rings. The van der Waals surface area contributed by atoms with Crippen LogP contribution in [-0.2, 0) is 4.79 Å². The molecule has 1 atom stereocenters. The Morgan fingerprint density at radius 1 is 1.20 bits per heavy atom. The topological polar surface area (TPSA) is 52.0 Å². The van der Waals surface area contributed by atoms with E-state index < -0.39 is 11.2 Å². The molecule has 0 N–H and O–H groups in total. The van der Waals surface area contributed by atoms with E-state index in [4.69, 9.17) is 0 Å². The second-order valence-electron chi connectivity index (χ2n) is 5.43. The van der Waals surface area contributed by atoms with Crippen molar-refractivity contribution in [2.24, 2.45) is 5.41 Å². The average molecular weight is 333 g/mol. The Morgan fingerprint density at radius 3 is 2.50 bits per heavy atom. The van der Waals surface area contributed by atoms with Gasteiger partial charge in [0.2, 0.25) is 11.6 Å². The summed E-state index contributed by atoms with van der Waals surface area (Å²) in [7, 11) is 0. The Bertz CT molecular complexity index is 704. The van der Waals surface area contributed by atoms with E-state index in [1.165, 1.54) is 6.20 Å². The number of aromatic nitrogens is 2. The number of alkyl halides is 1. The standard InChI is InChI=1S/C15H13BrN2O2/c1-15(2)13(16)11-10(12(19)14(15)20)8-17-18(11)9-6-4-3-5-7-9/h3-8,13H,1-2H3/t13-/m0/s1. The number of nitrogens with zero attached hydrogens (tertiary/aromatic N) is 2. The molecule has 0 amide bonds. The molecule has 102 valence electrons. The molecule has 0 unspecified atom stereocenters. The molecule has 4 nitrogen and oxygen atoms in total. The minimum Gasteiger partial charge on any atom is -0.290 e. The van der Waals surface area contributed by atoms with E-state index in [1.54, 1.807) is 18.5 Å². The lowest BCUT2D eigenvalue weighted by atomic mass is 9.75. The molecule has 1 aromatic carbocycles. The Labute approximate surface area is 124 Å². The van der Waals surface area contributed by atoms with Gasteiger partial charge in [0.25, 0.3) is 0 Å². The SMILES string of the molecule is CC1(C)C(=O)C(=O)c2cnn(-c3ccccc3)c2[C@@H]1Br. The maximum atomic E-state index is 12.2. The van der Waals surface area contributed by atoms with Crippen molar-refractivity contribution in [3.8, 4) is 5.69 Å². The van der Waals surface area contributed by atoms with Gasteiger partial charge in [-0.15, -0.1) is 0 Å². The molecule has 2 aromatic rings. The van der Waals surface area contributed by atoms with Gasteiger partial charge >= 0.3 is 0 Å². The second-order valence-corrected chi connectivity index (χ2v) is 6.35. The lowest BCUT2D eigenvalue weighted by Gasteiger charge is -2.32. The lowest BCUT2D eigenvalue weighted by Crippen LogP contribution is -2.40. The van der Waals surface area contributed by atoms with Gasteiger partial charge in [-0.05, 0) is 12.1 Å². The van der Waals surface area contributed by atoms with Crippen LogP contribution in [0.3, 0.4) is 0 Å². The predicted molar refractivity (Wildman–Crippen MR) is 78.4 cm³/mol. The van der Waals surface area contributed by atoms with Gasteiger partial charge in [0, 0.05) is 5.41 Å². The third kappa shape index (κ3) is 1.69. The molecule has 0 saturated heterocycles. The maximum Gasteiger partial charge on any atom is 0.232 e. The summed E-state index contributed by atoms with van der Waals surface area (Å²) >= 11 is 3.57. The van der Waals surface area contributed by atoms with E-state index >= 15 is 0 Å². The summed E-state index contributed by atoms with van der Waals surface area (Å²) in [6.45, 7) is 3.55. The minimum atomic E-state index is -0.781. The third-order valence-electron chi connectivity index (χ3n) is 3.72. The zero-order valence-corrected chi connectivity index (χ0v) is 12.7. The van der Waals surface area contributed by atoms with Crippen molar-refractivity contribution >= 4 is 27.5 Å². The number of hydrogen-bond donors (Lipinski definition) is 0. The van der Waals surface area contributed by atoms with Crippen LogP contribution in [0.1, 0.15) is 34.7 Å². The van der Waals surface area contributed by atoms with Crippen LogP contribution < -0.4 is 0 Å². The predicted octanol–water partition coefficient (Wildman–Crippen LogP) is 3.10.